The SMILES string of the molecule is Cc1ccc(C2(Cc3cccc(Br)c3)CNC2)cc1. The van der Waals surface area contributed by atoms with E-state index in [1.165, 1.54) is 16.7 Å². The summed E-state index contributed by atoms with van der Waals surface area (Å²) in [6, 6.07) is 17.7. The first-order valence-corrected chi connectivity index (χ1v) is 7.50. The summed E-state index contributed by atoms with van der Waals surface area (Å²) in [5.41, 5.74) is 4.45. The van der Waals surface area contributed by atoms with Crippen molar-refractivity contribution >= 4 is 15.9 Å². The van der Waals surface area contributed by atoms with Gasteiger partial charge in [-0.25, -0.2) is 0 Å². The van der Waals surface area contributed by atoms with Gasteiger partial charge in [-0.2, -0.15) is 0 Å². The van der Waals surface area contributed by atoms with Crippen LogP contribution in [0.3, 0.4) is 0 Å². The molecule has 19 heavy (non-hydrogen) atoms. The first kappa shape index (κ1) is 12.9. The van der Waals surface area contributed by atoms with Crippen molar-refractivity contribution in [3.63, 3.8) is 0 Å². The lowest BCUT2D eigenvalue weighted by Crippen LogP contribution is -2.58. The fraction of sp³-hybridized carbons (Fsp3) is 0.294. The van der Waals surface area contributed by atoms with Crippen molar-refractivity contribution < 1.29 is 0 Å². The predicted molar refractivity (Wildman–Crippen MR) is 83.6 cm³/mol. The fourth-order valence-corrected chi connectivity index (χ4v) is 3.25. The molecule has 1 heterocycles. The summed E-state index contributed by atoms with van der Waals surface area (Å²) in [7, 11) is 0. The van der Waals surface area contributed by atoms with Crippen LogP contribution in [0, 0.1) is 6.92 Å². The van der Waals surface area contributed by atoms with Gasteiger partial charge in [-0.3, -0.25) is 0 Å². The zero-order valence-corrected chi connectivity index (χ0v) is 12.7. The van der Waals surface area contributed by atoms with Gasteiger partial charge in [-0.15, -0.1) is 0 Å². The monoisotopic (exact) mass is 315 g/mol. The quantitative estimate of drug-likeness (QED) is 0.907. The molecule has 1 saturated heterocycles. The standard InChI is InChI=1S/C17H18BrN/c1-13-5-7-15(8-6-13)17(11-19-12-17)10-14-3-2-4-16(18)9-14/h2-9,19H,10-12H2,1H3. The smallest absolute Gasteiger partial charge is 0.0242 e. The van der Waals surface area contributed by atoms with Gasteiger partial charge in [-0.05, 0) is 36.6 Å². The Kier molecular flexibility index (Phi) is 3.46. The van der Waals surface area contributed by atoms with E-state index in [2.05, 4.69) is 76.7 Å². The van der Waals surface area contributed by atoms with Crippen LogP contribution in [0.25, 0.3) is 0 Å². The van der Waals surface area contributed by atoms with E-state index >= 15 is 0 Å². The van der Waals surface area contributed by atoms with E-state index in [0.29, 0.717) is 0 Å². The number of aryl methyl sites for hydroxylation is 1. The molecular weight excluding hydrogens is 298 g/mol. The second kappa shape index (κ2) is 5.10. The van der Waals surface area contributed by atoms with Gasteiger partial charge in [0.25, 0.3) is 0 Å². The van der Waals surface area contributed by atoms with E-state index in [9.17, 15) is 0 Å². The second-order valence-electron chi connectivity index (χ2n) is 5.56. The lowest BCUT2D eigenvalue weighted by Gasteiger charge is -2.43. The first-order chi connectivity index (χ1) is 9.18. The molecule has 1 N–H and O–H groups in total. The Bertz CT molecular complexity index is 570. The van der Waals surface area contributed by atoms with Crippen molar-refractivity contribution in [2.24, 2.45) is 0 Å². The van der Waals surface area contributed by atoms with E-state index in [4.69, 9.17) is 0 Å². The molecule has 1 aliphatic rings. The molecule has 3 rings (SSSR count). The van der Waals surface area contributed by atoms with Gasteiger partial charge in [0.1, 0.15) is 0 Å². The average molecular weight is 316 g/mol. The zero-order chi connectivity index (χ0) is 13.3. The van der Waals surface area contributed by atoms with Crippen molar-refractivity contribution in [1.82, 2.24) is 5.32 Å². The van der Waals surface area contributed by atoms with Gasteiger partial charge in [0.05, 0.1) is 0 Å². The second-order valence-corrected chi connectivity index (χ2v) is 6.47. The molecule has 98 valence electrons. The molecule has 0 atom stereocenters. The Morgan fingerprint density at radius 2 is 1.84 bits per heavy atom. The molecule has 1 nitrogen and oxygen atoms in total. The average Bonchev–Trinajstić information content (AvgIpc) is 2.35. The molecule has 0 saturated carbocycles. The number of halogens is 1. The highest BCUT2D eigenvalue weighted by Crippen LogP contribution is 2.33. The third-order valence-electron chi connectivity index (χ3n) is 4.02. The topological polar surface area (TPSA) is 12.0 Å². The maximum Gasteiger partial charge on any atom is 0.0242 e. The van der Waals surface area contributed by atoms with Gasteiger partial charge in [0.15, 0.2) is 0 Å². The summed E-state index contributed by atoms with van der Waals surface area (Å²) < 4.78 is 1.16. The largest absolute Gasteiger partial charge is 0.315 e. The van der Waals surface area contributed by atoms with Crippen LogP contribution in [0.2, 0.25) is 0 Å². The van der Waals surface area contributed by atoms with E-state index in [1.807, 2.05) is 0 Å². The fourth-order valence-electron chi connectivity index (χ4n) is 2.80. The Morgan fingerprint density at radius 1 is 1.11 bits per heavy atom. The van der Waals surface area contributed by atoms with E-state index in [0.717, 1.165) is 24.0 Å². The minimum absolute atomic E-state index is 0.272. The number of hydrogen-bond donors (Lipinski definition) is 1. The summed E-state index contributed by atoms with van der Waals surface area (Å²) in [5.74, 6) is 0. The molecule has 0 aromatic heterocycles. The Morgan fingerprint density at radius 3 is 2.42 bits per heavy atom. The van der Waals surface area contributed by atoms with Crippen LogP contribution in [0.4, 0.5) is 0 Å². The third kappa shape index (κ3) is 2.60. The third-order valence-corrected chi connectivity index (χ3v) is 4.52. The van der Waals surface area contributed by atoms with Crippen LogP contribution in [0.5, 0.6) is 0 Å². The molecule has 1 fully saturated rings. The number of nitrogens with one attached hydrogen (secondary N) is 1. The van der Waals surface area contributed by atoms with Crippen LogP contribution in [-0.2, 0) is 11.8 Å². The summed E-state index contributed by atoms with van der Waals surface area (Å²) in [6.45, 7) is 4.29. The van der Waals surface area contributed by atoms with Crippen LogP contribution in [-0.4, -0.2) is 13.1 Å². The normalized spacial score (nSPS) is 16.9. The zero-order valence-electron chi connectivity index (χ0n) is 11.1. The van der Waals surface area contributed by atoms with E-state index in [1.54, 1.807) is 0 Å². The van der Waals surface area contributed by atoms with Crippen molar-refractivity contribution in [1.29, 1.82) is 0 Å². The molecule has 0 amide bonds. The van der Waals surface area contributed by atoms with E-state index < -0.39 is 0 Å². The van der Waals surface area contributed by atoms with Gasteiger partial charge < -0.3 is 5.32 Å². The minimum Gasteiger partial charge on any atom is -0.315 e. The summed E-state index contributed by atoms with van der Waals surface area (Å²) in [4.78, 5) is 0. The van der Waals surface area contributed by atoms with Gasteiger partial charge >= 0.3 is 0 Å². The van der Waals surface area contributed by atoms with E-state index in [-0.39, 0.29) is 5.41 Å². The van der Waals surface area contributed by atoms with Crippen molar-refractivity contribution in [2.75, 3.05) is 13.1 Å². The molecule has 2 heteroatoms. The Hall–Kier alpha value is -1.12. The molecule has 1 aliphatic heterocycles. The van der Waals surface area contributed by atoms with Gasteiger partial charge in [0.2, 0.25) is 0 Å². The summed E-state index contributed by atoms with van der Waals surface area (Å²) in [6.07, 6.45) is 1.10. The highest BCUT2D eigenvalue weighted by molar-refractivity contribution is 9.10. The molecule has 0 spiro atoms. The molecule has 0 radical (unpaired) electrons. The van der Waals surface area contributed by atoms with Gasteiger partial charge in [-0.1, -0.05) is 57.9 Å². The number of hydrogen-bond acceptors (Lipinski definition) is 1. The van der Waals surface area contributed by atoms with Gasteiger partial charge in [0, 0.05) is 23.0 Å². The lowest BCUT2D eigenvalue weighted by molar-refractivity contribution is 0.274. The first-order valence-electron chi connectivity index (χ1n) is 6.70. The molecular formula is C17H18BrN. The maximum atomic E-state index is 3.56. The highest BCUT2D eigenvalue weighted by Gasteiger charge is 2.38. The summed E-state index contributed by atoms with van der Waals surface area (Å²) >= 11 is 3.56. The Labute approximate surface area is 123 Å². The molecule has 2 aromatic carbocycles. The molecule has 0 aliphatic carbocycles. The van der Waals surface area contributed by atoms with Crippen LogP contribution in [0.15, 0.2) is 53.0 Å². The Balaban J connectivity index is 1.89. The molecule has 2 aromatic rings. The van der Waals surface area contributed by atoms with Crippen LogP contribution < -0.4 is 5.32 Å². The van der Waals surface area contributed by atoms with Crippen molar-refractivity contribution in [3.05, 3.63) is 69.7 Å². The molecule has 0 unspecified atom stereocenters. The van der Waals surface area contributed by atoms with Crippen LogP contribution in [0.1, 0.15) is 16.7 Å². The number of benzene rings is 2. The van der Waals surface area contributed by atoms with Crippen molar-refractivity contribution in [2.45, 2.75) is 18.8 Å². The highest BCUT2D eigenvalue weighted by atomic mass is 79.9. The maximum absolute atomic E-state index is 3.56. The summed E-state index contributed by atoms with van der Waals surface area (Å²) in [5, 5.41) is 3.44. The van der Waals surface area contributed by atoms with Crippen LogP contribution >= 0.6 is 15.9 Å². The number of rotatable bonds is 3. The van der Waals surface area contributed by atoms with Crippen molar-refractivity contribution in [3.8, 4) is 0 Å². The molecule has 0 bridgehead atoms. The lowest BCUT2D eigenvalue weighted by atomic mass is 9.71. The minimum atomic E-state index is 0.272. The predicted octanol–water partition coefficient (Wildman–Crippen LogP) is 3.84.